The number of guanidine groups is 1. The predicted octanol–water partition coefficient (Wildman–Crippen LogP) is 3.05. The van der Waals surface area contributed by atoms with Crippen LogP contribution >= 0.6 is 24.0 Å². The van der Waals surface area contributed by atoms with Gasteiger partial charge in [-0.25, -0.2) is 0 Å². The maximum absolute atomic E-state index is 12.6. The average Bonchev–Trinajstić information content (AvgIpc) is 3.39. The molecule has 30 heavy (non-hydrogen) atoms. The van der Waals surface area contributed by atoms with Crippen molar-refractivity contribution in [1.29, 1.82) is 0 Å². The molecule has 166 valence electrons. The molecule has 2 fully saturated rings. The lowest BCUT2D eigenvalue weighted by Crippen LogP contribution is -2.41. The number of fused-ring (bicyclic) bond motifs is 1. The lowest BCUT2D eigenvalue weighted by Gasteiger charge is -2.29. The third-order valence-electron chi connectivity index (χ3n) is 6.55. The Morgan fingerprint density at radius 2 is 2.03 bits per heavy atom. The number of carbonyl (C=O) groups is 1. The average molecular weight is 526 g/mol. The van der Waals surface area contributed by atoms with E-state index in [4.69, 9.17) is 9.73 Å². The second-order valence-corrected chi connectivity index (χ2v) is 8.65. The minimum absolute atomic E-state index is 0. The molecule has 6 nitrogen and oxygen atoms in total. The van der Waals surface area contributed by atoms with Crippen LogP contribution in [0.4, 0.5) is 0 Å². The van der Waals surface area contributed by atoms with Gasteiger partial charge in [0.1, 0.15) is 0 Å². The fourth-order valence-electron chi connectivity index (χ4n) is 4.80. The number of hydrogen-bond donors (Lipinski definition) is 1. The molecule has 1 atom stereocenters. The number of halogens is 1. The Morgan fingerprint density at radius 1 is 1.20 bits per heavy atom. The highest BCUT2D eigenvalue weighted by Crippen LogP contribution is 2.38. The number of nitrogens with one attached hydrogen (secondary N) is 1. The summed E-state index contributed by atoms with van der Waals surface area (Å²) < 4.78 is 5.65. The van der Waals surface area contributed by atoms with Crippen molar-refractivity contribution >= 4 is 35.8 Å². The molecule has 2 saturated heterocycles. The fraction of sp³-hybridized carbons (Fsp3) is 0.652. The van der Waals surface area contributed by atoms with Gasteiger partial charge in [-0.2, -0.15) is 0 Å². The number of hydrogen-bond acceptors (Lipinski definition) is 3. The van der Waals surface area contributed by atoms with E-state index in [2.05, 4.69) is 41.4 Å². The molecular weight excluding hydrogens is 491 g/mol. The van der Waals surface area contributed by atoms with Crippen molar-refractivity contribution in [2.45, 2.75) is 45.6 Å². The van der Waals surface area contributed by atoms with Crippen LogP contribution in [0.15, 0.2) is 29.3 Å². The van der Waals surface area contributed by atoms with E-state index in [1.165, 1.54) is 17.5 Å². The van der Waals surface area contributed by atoms with Crippen LogP contribution in [0.5, 0.6) is 0 Å². The Labute approximate surface area is 197 Å². The lowest BCUT2D eigenvalue weighted by atomic mass is 9.87. The molecule has 1 unspecified atom stereocenters. The van der Waals surface area contributed by atoms with Crippen LogP contribution in [0, 0.1) is 5.41 Å². The van der Waals surface area contributed by atoms with Crippen LogP contribution in [0.1, 0.15) is 43.7 Å². The number of likely N-dealkylation sites (tertiary alicyclic amines) is 1. The Hall–Kier alpha value is -1.35. The number of benzene rings is 1. The van der Waals surface area contributed by atoms with Crippen LogP contribution in [-0.4, -0.2) is 67.6 Å². The summed E-state index contributed by atoms with van der Waals surface area (Å²) in [6.07, 6.45) is 4.69. The van der Waals surface area contributed by atoms with E-state index in [-0.39, 0.29) is 29.9 Å². The van der Waals surface area contributed by atoms with E-state index in [1.54, 1.807) is 0 Å². The van der Waals surface area contributed by atoms with Crippen molar-refractivity contribution in [2.75, 3.05) is 45.9 Å². The molecule has 1 N–H and O–H groups in total. The normalized spacial score (nSPS) is 23.4. The van der Waals surface area contributed by atoms with E-state index < -0.39 is 0 Å². The van der Waals surface area contributed by atoms with Crippen LogP contribution in [0.2, 0.25) is 0 Å². The molecule has 1 aromatic carbocycles. The Kier molecular flexibility index (Phi) is 8.39. The summed E-state index contributed by atoms with van der Waals surface area (Å²) in [4.78, 5) is 21.8. The molecule has 4 rings (SSSR count). The van der Waals surface area contributed by atoms with Crippen molar-refractivity contribution in [3.05, 3.63) is 35.4 Å². The second-order valence-electron chi connectivity index (χ2n) is 8.65. The summed E-state index contributed by atoms with van der Waals surface area (Å²) in [7, 11) is 0. The number of amides is 1. The summed E-state index contributed by atoms with van der Waals surface area (Å²) in [5, 5.41) is 3.43. The number of rotatable bonds is 5. The molecule has 1 spiro atoms. The van der Waals surface area contributed by atoms with E-state index in [0.29, 0.717) is 18.4 Å². The van der Waals surface area contributed by atoms with Crippen molar-refractivity contribution in [1.82, 2.24) is 15.1 Å². The summed E-state index contributed by atoms with van der Waals surface area (Å²) in [5.41, 5.74) is 3.00. The van der Waals surface area contributed by atoms with E-state index in [0.717, 1.165) is 71.2 Å². The van der Waals surface area contributed by atoms with Gasteiger partial charge in [-0.3, -0.25) is 9.79 Å². The lowest BCUT2D eigenvalue weighted by molar-refractivity contribution is -0.132. The van der Waals surface area contributed by atoms with Gasteiger partial charge in [0.15, 0.2) is 5.96 Å². The van der Waals surface area contributed by atoms with Crippen LogP contribution in [-0.2, 0) is 22.5 Å². The Bertz CT molecular complexity index is 748. The molecule has 3 aliphatic heterocycles. The highest BCUT2D eigenvalue weighted by molar-refractivity contribution is 14.0. The first-order valence-electron chi connectivity index (χ1n) is 11.1. The molecule has 7 heteroatoms. The zero-order valence-corrected chi connectivity index (χ0v) is 20.4. The molecule has 0 radical (unpaired) electrons. The second kappa shape index (κ2) is 10.8. The van der Waals surface area contributed by atoms with E-state index in [9.17, 15) is 4.79 Å². The number of aliphatic imine (C=N–C) groups is 1. The zero-order valence-electron chi connectivity index (χ0n) is 18.1. The molecule has 1 aromatic rings. The number of carbonyl (C=O) groups excluding carboxylic acids is 1. The molecule has 0 saturated carbocycles. The van der Waals surface area contributed by atoms with Crippen molar-refractivity contribution in [2.24, 2.45) is 10.4 Å². The molecule has 0 aliphatic carbocycles. The van der Waals surface area contributed by atoms with Crippen molar-refractivity contribution in [3.63, 3.8) is 0 Å². The summed E-state index contributed by atoms with van der Waals surface area (Å²) in [6.45, 7) is 9.10. The largest absolute Gasteiger partial charge is 0.381 e. The summed E-state index contributed by atoms with van der Waals surface area (Å²) in [5.74, 6) is 1.25. The molecule has 1 amide bonds. The van der Waals surface area contributed by atoms with Crippen LogP contribution in [0.25, 0.3) is 0 Å². The SMILES string of the molecule is CCNC(=NCCCC(=O)N1CCc2ccccc2C1)N1CCC2(CCOC2)C1.I. The molecular formula is C23H35IN4O2. The minimum Gasteiger partial charge on any atom is -0.381 e. The smallest absolute Gasteiger partial charge is 0.222 e. The topological polar surface area (TPSA) is 57.2 Å². The van der Waals surface area contributed by atoms with Gasteiger partial charge in [-0.05, 0) is 43.7 Å². The predicted molar refractivity (Wildman–Crippen MR) is 130 cm³/mol. The minimum atomic E-state index is 0. The maximum Gasteiger partial charge on any atom is 0.222 e. The van der Waals surface area contributed by atoms with Gasteiger partial charge in [0, 0.05) is 57.7 Å². The summed E-state index contributed by atoms with van der Waals surface area (Å²) in [6, 6.07) is 8.45. The van der Waals surface area contributed by atoms with Gasteiger partial charge in [-0.1, -0.05) is 24.3 Å². The number of nitrogens with zero attached hydrogens (tertiary/aromatic N) is 3. The fourth-order valence-corrected chi connectivity index (χ4v) is 4.80. The molecule has 0 bridgehead atoms. The molecule has 3 heterocycles. The first-order valence-corrected chi connectivity index (χ1v) is 11.1. The van der Waals surface area contributed by atoms with Gasteiger partial charge in [-0.15, -0.1) is 24.0 Å². The van der Waals surface area contributed by atoms with E-state index in [1.807, 2.05) is 4.90 Å². The third-order valence-corrected chi connectivity index (χ3v) is 6.55. The van der Waals surface area contributed by atoms with Crippen LogP contribution < -0.4 is 5.32 Å². The van der Waals surface area contributed by atoms with Gasteiger partial charge >= 0.3 is 0 Å². The first-order chi connectivity index (χ1) is 14.2. The maximum atomic E-state index is 12.6. The number of ether oxygens (including phenoxy) is 1. The summed E-state index contributed by atoms with van der Waals surface area (Å²) >= 11 is 0. The van der Waals surface area contributed by atoms with Gasteiger partial charge in [0.05, 0.1) is 6.61 Å². The van der Waals surface area contributed by atoms with Gasteiger partial charge in [0.25, 0.3) is 0 Å². The van der Waals surface area contributed by atoms with Crippen LogP contribution in [0.3, 0.4) is 0 Å². The van der Waals surface area contributed by atoms with Gasteiger partial charge in [0.2, 0.25) is 5.91 Å². The molecule has 0 aromatic heterocycles. The van der Waals surface area contributed by atoms with Gasteiger partial charge < -0.3 is 19.9 Å². The Balaban J connectivity index is 0.00000256. The quantitative estimate of drug-likeness (QED) is 0.278. The van der Waals surface area contributed by atoms with Crippen molar-refractivity contribution in [3.8, 4) is 0 Å². The first kappa shape index (κ1) is 23.3. The third kappa shape index (κ3) is 5.46. The monoisotopic (exact) mass is 526 g/mol. The molecule has 3 aliphatic rings. The standard InChI is InChI=1S/C23H34N4O2.HI/c1-2-24-22(27-14-10-23(17-27)11-15-29-18-23)25-12-5-8-21(28)26-13-9-19-6-3-4-7-20(19)16-26;/h3-4,6-7H,2,5,8-18H2,1H3,(H,24,25);1H. The highest BCUT2D eigenvalue weighted by Gasteiger charge is 2.42. The van der Waals surface area contributed by atoms with Crippen molar-refractivity contribution < 1.29 is 9.53 Å². The zero-order chi connectivity index (χ0) is 20.1. The highest BCUT2D eigenvalue weighted by atomic mass is 127. The van der Waals surface area contributed by atoms with E-state index >= 15 is 0 Å². The Morgan fingerprint density at radius 3 is 2.80 bits per heavy atom.